The summed E-state index contributed by atoms with van der Waals surface area (Å²) in [5.41, 5.74) is 1.62. The van der Waals surface area contributed by atoms with E-state index in [2.05, 4.69) is 4.57 Å². The van der Waals surface area contributed by atoms with Crippen molar-refractivity contribution in [2.24, 2.45) is 0 Å². The molecule has 2 aromatic carbocycles. The molecule has 1 unspecified atom stereocenters. The van der Waals surface area contributed by atoms with Crippen LogP contribution in [-0.2, 0) is 21.2 Å². The Kier molecular flexibility index (Phi) is 6.22. The van der Waals surface area contributed by atoms with Gasteiger partial charge in [0.15, 0.2) is 9.84 Å². The molecule has 1 aliphatic heterocycles. The molecule has 0 saturated carbocycles. The summed E-state index contributed by atoms with van der Waals surface area (Å²) < 4.78 is 33.6. The molecule has 2 heterocycles. The highest BCUT2D eigenvalue weighted by Crippen LogP contribution is 2.49. The third-order valence-electron chi connectivity index (χ3n) is 5.41. The van der Waals surface area contributed by atoms with Gasteiger partial charge in [-0.1, -0.05) is 23.4 Å². The standard InChI is InChI=1S/C23H24ClNO5S2/c1-13(2)30-16-11-18-21(19(12-16)32(3,28)29)23(31-17-6-4-15(24)5-7-17)22-14(10-20(26)27)8-9-25(18)22/h4-7,11-14H,8-10H2,1-3H3,(H,26,27). The Morgan fingerprint density at radius 3 is 2.56 bits per heavy atom. The van der Waals surface area contributed by atoms with E-state index in [-0.39, 0.29) is 23.3 Å². The Hall–Kier alpha value is -2.16. The molecule has 0 amide bonds. The molecule has 6 nitrogen and oxygen atoms in total. The lowest BCUT2D eigenvalue weighted by atomic mass is 10.0. The van der Waals surface area contributed by atoms with Crippen molar-refractivity contribution in [1.82, 2.24) is 4.57 Å². The highest BCUT2D eigenvalue weighted by Gasteiger charge is 2.34. The molecule has 0 fully saturated rings. The molecule has 0 bridgehead atoms. The second-order valence-electron chi connectivity index (χ2n) is 8.26. The van der Waals surface area contributed by atoms with Gasteiger partial charge < -0.3 is 14.4 Å². The maximum absolute atomic E-state index is 12.8. The number of hydrogen-bond acceptors (Lipinski definition) is 5. The second kappa shape index (κ2) is 8.65. The minimum absolute atomic E-state index is 0.00589. The molecule has 9 heteroatoms. The molecule has 32 heavy (non-hydrogen) atoms. The molecule has 1 atom stereocenters. The molecule has 1 aromatic heterocycles. The fourth-order valence-electron chi connectivity index (χ4n) is 4.23. The van der Waals surface area contributed by atoms with Crippen LogP contribution in [0.15, 0.2) is 51.1 Å². The van der Waals surface area contributed by atoms with Crippen LogP contribution in [0.4, 0.5) is 0 Å². The van der Waals surface area contributed by atoms with Crippen LogP contribution in [0.5, 0.6) is 5.75 Å². The van der Waals surface area contributed by atoms with Crippen molar-refractivity contribution in [3.05, 3.63) is 47.1 Å². The highest BCUT2D eigenvalue weighted by atomic mass is 35.5. The number of carbonyl (C=O) groups is 1. The molecular weight excluding hydrogens is 470 g/mol. The van der Waals surface area contributed by atoms with Crippen molar-refractivity contribution in [2.45, 2.75) is 59.9 Å². The Balaban J connectivity index is 2.01. The fourth-order valence-corrected chi connectivity index (χ4v) is 6.54. The maximum Gasteiger partial charge on any atom is 0.304 e. The van der Waals surface area contributed by atoms with E-state index in [1.165, 1.54) is 18.0 Å². The van der Waals surface area contributed by atoms with Gasteiger partial charge in [0, 0.05) is 50.7 Å². The van der Waals surface area contributed by atoms with E-state index < -0.39 is 15.8 Å². The predicted octanol–water partition coefficient (Wildman–Crippen LogP) is 5.60. The molecule has 0 aliphatic carbocycles. The number of fused-ring (bicyclic) bond motifs is 3. The van der Waals surface area contributed by atoms with E-state index in [1.807, 2.05) is 32.0 Å². The van der Waals surface area contributed by atoms with Crippen molar-refractivity contribution in [3.8, 4) is 5.75 Å². The summed E-state index contributed by atoms with van der Waals surface area (Å²) in [5.74, 6) is -0.585. The largest absolute Gasteiger partial charge is 0.491 e. The van der Waals surface area contributed by atoms with Crippen molar-refractivity contribution in [2.75, 3.05) is 6.26 Å². The first-order valence-electron chi connectivity index (χ1n) is 10.3. The number of hydrogen-bond donors (Lipinski definition) is 1. The van der Waals surface area contributed by atoms with Crippen LogP contribution in [0.3, 0.4) is 0 Å². The summed E-state index contributed by atoms with van der Waals surface area (Å²) in [7, 11) is -3.58. The zero-order valence-electron chi connectivity index (χ0n) is 18.0. The zero-order chi connectivity index (χ0) is 23.2. The molecule has 3 aromatic rings. The quantitative estimate of drug-likeness (QED) is 0.461. The van der Waals surface area contributed by atoms with Gasteiger partial charge >= 0.3 is 5.97 Å². The molecule has 0 saturated heterocycles. The first kappa shape index (κ1) is 23.0. The lowest BCUT2D eigenvalue weighted by Gasteiger charge is -2.14. The van der Waals surface area contributed by atoms with E-state index in [1.54, 1.807) is 18.2 Å². The molecule has 0 spiro atoms. The average molecular weight is 494 g/mol. The molecule has 1 N–H and O–H groups in total. The third-order valence-corrected chi connectivity index (χ3v) is 7.91. The number of carboxylic acid groups (broad SMARTS) is 1. The van der Waals surface area contributed by atoms with E-state index in [0.717, 1.165) is 21.0 Å². The first-order chi connectivity index (χ1) is 15.0. The van der Waals surface area contributed by atoms with E-state index in [4.69, 9.17) is 16.3 Å². The molecule has 0 radical (unpaired) electrons. The van der Waals surface area contributed by atoms with Gasteiger partial charge in [0.1, 0.15) is 5.75 Å². The van der Waals surface area contributed by atoms with Crippen molar-refractivity contribution in [3.63, 3.8) is 0 Å². The monoisotopic (exact) mass is 493 g/mol. The maximum atomic E-state index is 12.8. The van der Waals surface area contributed by atoms with Crippen LogP contribution < -0.4 is 4.74 Å². The summed E-state index contributed by atoms with van der Waals surface area (Å²) in [6.45, 7) is 4.40. The number of benzene rings is 2. The van der Waals surface area contributed by atoms with Crippen LogP contribution >= 0.6 is 23.4 Å². The summed E-state index contributed by atoms with van der Waals surface area (Å²) >= 11 is 7.48. The van der Waals surface area contributed by atoms with Gasteiger partial charge in [0.2, 0.25) is 0 Å². The number of aromatic nitrogens is 1. The van der Waals surface area contributed by atoms with Crippen molar-refractivity contribution >= 4 is 50.1 Å². The van der Waals surface area contributed by atoms with Gasteiger partial charge in [-0.3, -0.25) is 4.79 Å². The van der Waals surface area contributed by atoms with Gasteiger partial charge in [-0.05, 0) is 50.6 Å². The number of rotatable bonds is 7. The fraction of sp³-hybridized carbons (Fsp3) is 0.348. The number of nitrogens with zero attached hydrogens (tertiary/aromatic N) is 1. The van der Waals surface area contributed by atoms with Crippen molar-refractivity contribution in [1.29, 1.82) is 0 Å². The van der Waals surface area contributed by atoms with E-state index in [9.17, 15) is 18.3 Å². The topological polar surface area (TPSA) is 85.6 Å². The van der Waals surface area contributed by atoms with Gasteiger partial charge in [0.05, 0.1) is 22.9 Å². The number of halogens is 1. The van der Waals surface area contributed by atoms with Crippen LogP contribution in [0, 0.1) is 0 Å². The molecule has 170 valence electrons. The lowest BCUT2D eigenvalue weighted by Crippen LogP contribution is -2.07. The van der Waals surface area contributed by atoms with Crippen molar-refractivity contribution < 1.29 is 23.1 Å². The Labute approximate surface area is 196 Å². The second-order valence-corrected chi connectivity index (χ2v) is 11.8. The number of carboxylic acids is 1. The normalized spacial score (nSPS) is 16.0. The Morgan fingerprint density at radius 2 is 1.97 bits per heavy atom. The minimum atomic E-state index is -3.58. The lowest BCUT2D eigenvalue weighted by molar-refractivity contribution is -0.137. The molecule has 4 rings (SSSR count). The summed E-state index contributed by atoms with van der Waals surface area (Å²) in [5, 5.41) is 10.7. The average Bonchev–Trinajstić information content (AvgIpc) is 3.21. The zero-order valence-corrected chi connectivity index (χ0v) is 20.4. The molecule has 1 aliphatic rings. The van der Waals surface area contributed by atoms with Gasteiger partial charge in [-0.2, -0.15) is 0 Å². The van der Waals surface area contributed by atoms with E-state index >= 15 is 0 Å². The van der Waals surface area contributed by atoms with Crippen LogP contribution in [0.25, 0.3) is 10.9 Å². The Morgan fingerprint density at radius 1 is 1.28 bits per heavy atom. The summed E-state index contributed by atoms with van der Waals surface area (Å²) in [6.07, 6.45) is 1.76. The minimum Gasteiger partial charge on any atom is -0.491 e. The van der Waals surface area contributed by atoms with Crippen LogP contribution in [0.1, 0.15) is 38.3 Å². The predicted molar refractivity (Wildman–Crippen MR) is 126 cm³/mol. The molecular formula is C23H24ClNO5S2. The van der Waals surface area contributed by atoms with Gasteiger partial charge in [0.25, 0.3) is 0 Å². The summed E-state index contributed by atoms with van der Waals surface area (Å²) in [6, 6.07) is 10.8. The third kappa shape index (κ3) is 4.49. The number of sulfone groups is 1. The summed E-state index contributed by atoms with van der Waals surface area (Å²) in [4.78, 5) is 13.4. The first-order valence-corrected chi connectivity index (χ1v) is 13.3. The highest BCUT2D eigenvalue weighted by molar-refractivity contribution is 7.99. The number of ether oxygens (including phenoxy) is 1. The number of aliphatic carboxylic acids is 1. The van der Waals surface area contributed by atoms with E-state index in [0.29, 0.717) is 29.1 Å². The van der Waals surface area contributed by atoms with Gasteiger partial charge in [-0.15, -0.1) is 0 Å². The number of aryl methyl sites for hydroxylation is 1. The van der Waals surface area contributed by atoms with Gasteiger partial charge in [-0.25, -0.2) is 8.42 Å². The Bertz CT molecular complexity index is 1300. The van der Waals surface area contributed by atoms with Crippen LogP contribution in [0.2, 0.25) is 5.02 Å². The smallest absolute Gasteiger partial charge is 0.304 e. The SMILES string of the molecule is CC(C)Oc1cc(S(C)(=O)=O)c2c(Sc3ccc(Cl)cc3)c3n(c2c1)CCC3CC(=O)O. The van der Waals surface area contributed by atoms with Crippen LogP contribution in [-0.4, -0.2) is 36.4 Å².